The number of likely N-dealkylation sites (N-methyl/N-ethyl adjacent to an activating group) is 1. The van der Waals surface area contributed by atoms with E-state index in [0.717, 1.165) is 30.6 Å². The molecule has 2 heterocycles. The van der Waals surface area contributed by atoms with Crippen molar-refractivity contribution >= 4 is 17.3 Å². The Bertz CT molecular complexity index is 1150. The van der Waals surface area contributed by atoms with Crippen LogP contribution in [0, 0.1) is 23.6 Å². The average molecular weight is 464 g/mol. The molecule has 1 amide bonds. The minimum Gasteiger partial charge on any atom is -0.378 e. The predicted molar refractivity (Wildman–Crippen MR) is 135 cm³/mol. The van der Waals surface area contributed by atoms with Gasteiger partial charge in [0.05, 0.1) is 5.69 Å². The van der Waals surface area contributed by atoms with Gasteiger partial charge in [0.25, 0.3) is 5.91 Å². The molecule has 2 aromatic rings. The summed E-state index contributed by atoms with van der Waals surface area (Å²) in [6.45, 7) is 7.67. The molecular formula is C28H34FN3O2. The van der Waals surface area contributed by atoms with Crippen LogP contribution in [0.1, 0.15) is 48.7 Å². The van der Waals surface area contributed by atoms with E-state index in [-0.39, 0.29) is 17.6 Å². The lowest BCUT2D eigenvalue weighted by atomic mass is 9.92. The Morgan fingerprint density at radius 1 is 1.18 bits per heavy atom. The molecule has 0 aromatic heterocycles. The molecule has 4 rings (SSSR count). The first-order valence-electron chi connectivity index (χ1n) is 12.0. The summed E-state index contributed by atoms with van der Waals surface area (Å²) in [4.78, 5) is 19.1. The summed E-state index contributed by atoms with van der Waals surface area (Å²) < 4.78 is 15.1. The number of carbonyl (C=O) groups is 1. The average Bonchev–Trinajstić information content (AvgIpc) is 3.28. The molecule has 5 nitrogen and oxygen atoms in total. The fourth-order valence-corrected chi connectivity index (χ4v) is 4.46. The second-order valence-electron chi connectivity index (χ2n) is 10.1. The van der Waals surface area contributed by atoms with E-state index in [1.165, 1.54) is 6.07 Å². The Labute approximate surface area is 202 Å². The van der Waals surface area contributed by atoms with Crippen molar-refractivity contribution in [2.75, 3.05) is 43.5 Å². The van der Waals surface area contributed by atoms with Crippen LogP contribution < -0.4 is 9.80 Å². The molecule has 2 aromatic carbocycles. The van der Waals surface area contributed by atoms with Gasteiger partial charge in [0, 0.05) is 42.5 Å². The number of amides is 1. The van der Waals surface area contributed by atoms with Crippen molar-refractivity contribution in [1.29, 1.82) is 0 Å². The van der Waals surface area contributed by atoms with Crippen LogP contribution in [0.5, 0.6) is 0 Å². The number of rotatable bonds is 4. The lowest BCUT2D eigenvalue weighted by molar-refractivity contribution is 0.0726. The van der Waals surface area contributed by atoms with E-state index in [9.17, 15) is 9.90 Å². The maximum absolute atomic E-state index is 15.1. The van der Waals surface area contributed by atoms with Gasteiger partial charge in [-0.3, -0.25) is 4.79 Å². The minimum atomic E-state index is -1.07. The number of hydrogen-bond acceptors (Lipinski definition) is 4. The van der Waals surface area contributed by atoms with Crippen molar-refractivity contribution in [3.63, 3.8) is 0 Å². The summed E-state index contributed by atoms with van der Waals surface area (Å²) in [6.07, 6.45) is 1.67. The second kappa shape index (κ2) is 9.40. The first-order chi connectivity index (χ1) is 16.1. The molecule has 0 aliphatic carbocycles. The first-order valence-corrected chi connectivity index (χ1v) is 12.0. The Hall–Kier alpha value is -2.88. The molecule has 1 fully saturated rings. The third-order valence-corrected chi connectivity index (χ3v) is 7.25. The lowest BCUT2D eigenvalue weighted by Crippen LogP contribution is -2.37. The van der Waals surface area contributed by atoms with Crippen molar-refractivity contribution in [3.8, 4) is 11.8 Å². The molecule has 34 heavy (non-hydrogen) atoms. The van der Waals surface area contributed by atoms with Gasteiger partial charge in [0.15, 0.2) is 0 Å². The van der Waals surface area contributed by atoms with Crippen LogP contribution in [0.15, 0.2) is 36.4 Å². The van der Waals surface area contributed by atoms with Crippen LogP contribution in [-0.4, -0.2) is 61.3 Å². The summed E-state index contributed by atoms with van der Waals surface area (Å²) in [7, 11) is 4.11. The Morgan fingerprint density at radius 2 is 1.94 bits per heavy atom. The molecule has 0 radical (unpaired) electrons. The maximum atomic E-state index is 15.1. The number of fused-ring (bicyclic) bond motifs is 1. The zero-order chi connectivity index (χ0) is 24.6. The van der Waals surface area contributed by atoms with E-state index in [1.807, 2.05) is 32.0 Å². The maximum Gasteiger partial charge on any atom is 0.258 e. The van der Waals surface area contributed by atoms with Gasteiger partial charge in [-0.2, -0.15) is 0 Å². The van der Waals surface area contributed by atoms with Gasteiger partial charge in [0.1, 0.15) is 11.4 Å². The molecule has 2 atom stereocenters. The zero-order valence-electron chi connectivity index (χ0n) is 20.7. The molecule has 1 saturated heterocycles. The topological polar surface area (TPSA) is 47.0 Å². The molecule has 2 aliphatic heterocycles. The number of benzene rings is 2. The van der Waals surface area contributed by atoms with Gasteiger partial charge >= 0.3 is 0 Å². The van der Waals surface area contributed by atoms with E-state index in [0.29, 0.717) is 35.9 Å². The van der Waals surface area contributed by atoms with Gasteiger partial charge in [0.2, 0.25) is 0 Å². The molecule has 180 valence electrons. The number of hydrogen-bond donors (Lipinski definition) is 1. The van der Waals surface area contributed by atoms with Gasteiger partial charge in [-0.1, -0.05) is 25.7 Å². The Kier molecular flexibility index (Phi) is 6.71. The van der Waals surface area contributed by atoms with E-state index in [2.05, 4.69) is 35.7 Å². The first kappa shape index (κ1) is 24.3. The summed E-state index contributed by atoms with van der Waals surface area (Å²) >= 11 is 0. The Balaban J connectivity index is 1.52. The zero-order valence-corrected chi connectivity index (χ0v) is 20.7. The number of aliphatic hydroxyl groups is 1. The van der Waals surface area contributed by atoms with Crippen LogP contribution in [0.25, 0.3) is 0 Å². The van der Waals surface area contributed by atoms with E-state index < -0.39 is 5.60 Å². The third kappa shape index (κ3) is 4.82. The number of nitrogens with zero attached hydrogens (tertiary/aromatic N) is 3. The number of halogens is 1. The van der Waals surface area contributed by atoms with Crippen molar-refractivity contribution in [3.05, 3.63) is 58.9 Å². The van der Waals surface area contributed by atoms with Gasteiger partial charge in [-0.15, -0.1) is 0 Å². The van der Waals surface area contributed by atoms with E-state index in [1.54, 1.807) is 24.0 Å². The van der Waals surface area contributed by atoms with Gasteiger partial charge in [-0.25, -0.2) is 4.39 Å². The van der Waals surface area contributed by atoms with Crippen molar-refractivity contribution < 1.29 is 14.3 Å². The second-order valence-corrected chi connectivity index (χ2v) is 10.1. The normalized spacial score (nSPS) is 19.8. The monoisotopic (exact) mass is 463 g/mol. The van der Waals surface area contributed by atoms with Gasteiger partial charge in [-0.05, 0) is 81.7 Å². The summed E-state index contributed by atoms with van der Waals surface area (Å²) in [5, 5.41) is 10.4. The fraction of sp³-hybridized carbons (Fsp3) is 0.464. The smallest absolute Gasteiger partial charge is 0.258 e. The van der Waals surface area contributed by atoms with Crippen molar-refractivity contribution in [2.45, 2.75) is 45.3 Å². The molecule has 6 heteroatoms. The molecule has 1 N–H and O–H groups in total. The summed E-state index contributed by atoms with van der Waals surface area (Å²) in [5.41, 5.74) is 2.43. The molecule has 1 unspecified atom stereocenters. The molecule has 0 spiro atoms. The molecule has 0 bridgehead atoms. The lowest BCUT2D eigenvalue weighted by Gasteiger charge is -2.29. The van der Waals surface area contributed by atoms with E-state index >= 15 is 4.39 Å². The van der Waals surface area contributed by atoms with Crippen LogP contribution in [-0.2, 0) is 6.42 Å². The van der Waals surface area contributed by atoms with Crippen molar-refractivity contribution in [2.24, 2.45) is 5.92 Å². The highest BCUT2D eigenvalue weighted by atomic mass is 19.1. The summed E-state index contributed by atoms with van der Waals surface area (Å²) in [6, 6.07) is 11.1. The van der Waals surface area contributed by atoms with Crippen LogP contribution in [0.3, 0.4) is 0 Å². The number of anilines is 2. The highest BCUT2D eigenvalue weighted by molar-refractivity contribution is 6.08. The van der Waals surface area contributed by atoms with Crippen LogP contribution >= 0.6 is 0 Å². The number of carbonyl (C=O) groups excluding carboxylic acids is 1. The highest BCUT2D eigenvalue weighted by Gasteiger charge is 2.29. The fourth-order valence-electron chi connectivity index (χ4n) is 4.46. The highest BCUT2D eigenvalue weighted by Crippen LogP contribution is 2.31. The third-order valence-electron chi connectivity index (χ3n) is 7.25. The molecule has 0 saturated carbocycles. The van der Waals surface area contributed by atoms with Crippen molar-refractivity contribution in [1.82, 2.24) is 4.90 Å². The molecule has 2 aliphatic rings. The largest absolute Gasteiger partial charge is 0.378 e. The summed E-state index contributed by atoms with van der Waals surface area (Å²) in [5.74, 6) is 5.57. The SMILES string of the molecule is CC(C)C(C)(O)C#Cc1ccc2c(c1)CCN(c1ccc(N3CC[C@@H](N(C)C)C3)c(F)c1)C2=O. The van der Waals surface area contributed by atoms with Gasteiger partial charge < -0.3 is 19.8 Å². The standard InChI is InChI=1S/C28H34FN3O2/c1-19(2)28(3,34)13-10-20-6-8-24-21(16-20)11-15-32(27(24)33)22-7-9-26(25(29)17-22)31-14-12-23(18-31)30(4)5/h6-9,16-17,19,23,34H,11-12,14-15,18H2,1-5H3/t23-,28?/m1/s1. The minimum absolute atomic E-state index is 0.0134. The quantitative estimate of drug-likeness (QED) is 0.698. The molecular weight excluding hydrogens is 429 g/mol. The predicted octanol–water partition coefficient (Wildman–Crippen LogP) is 3.93. The van der Waals surface area contributed by atoms with Crippen LogP contribution in [0.4, 0.5) is 15.8 Å². The Morgan fingerprint density at radius 3 is 2.59 bits per heavy atom. The van der Waals surface area contributed by atoms with Crippen LogP contribution in [0.2, 0.25) is 0 Å². The van der Waals surface area contributed by atoms with E-state index in [4.69, 9.17) is 0 Å².